The first kappa shape index (κ1) is 17.4. The zero-order valence-corrected chi connectivity index (χ0v) is 13.4. The van der Waals surface area contributed by atoms with Crippen LogP contribution in [-0.2, 0) is 14.8 Å². The van der Waals surface area contributed by atoms with E-state index in [4.69, 9.17) is 5.14 Å². The molecule has 1 fully saturated rings. The lowest BCUT2D eigenvalue weighted by atomic mass is 10.2. The monoisotopic (exact) mass is 305 g/mol. The van der Waals surface area contributed by atoms with Crippen LogP contribution in [0, 0.1) is 0 Å². The van der Waals surface area contributed by atoms with Gasteiger partial charge in [-0.15, -0.1) is 0 Å². The summed E-state index contributed by atoms with van der Waals surface area (Å²) in [6.07, 6.45) is 5.64. The van der Waals surface area contributed by atoms with Crippen LogP contribution in [0.25, 0.3) is 0 Å². The van der Waals surface area contributed by atoms with Gasteiger partial charge in [0.1, 0.15) is 0 Å². The first-order chi connectivity index (χ1) is 9.29. The fourth-order valence-electron chi connectivity index (χ4n) is 2.58. The predicted molar refractivity (Wildman–Crippen MR) is 79.7 cm³/mol. The van der Waals surface area contributed by atoms with Crippen LogP contribution in [0.1, 0.15) is 38.5 Å². The van der Waals surface area contributed by atoms with E-state index < -0.39 is 10.0 Å². The van der Waals surface area contributed by atoms with Crippen LogP contribution in [0.2, 0.25) is 0 Å². The van der Waals surface area contributed by atoms with Crippen LogP contribution in [0.15, 0.2) is 0 Å². The first-order valence-electron chi connectivity index (χ1n) is 7.24. The van der Waals surface area contributed by atoms with Crippen LogP contribution < -0.4 is 5.14 Å². The molecule has 1 amide bonds. The van der Waals surface area contributed by atoms with E-state index in [0.29, 0.717) is 19.0 Å². The van der Waals surface area contributed by atoms with Crippen molar-refractivity contribution in [3.05, 3.63) is 0 Å². The molecular weight excluding hydrogens is 278 g/mol. The zero-order valence-electron chi connectivity index (χ0n) is 12.5. The molecule has 0 atom stereocenters. The fraction of sp³-hybridized carbons (Fsp3) is 0.923. The average molecular weight is 305 g/mol. The zero-order chi connectivity index (χ0) is 15.2. The number of hydrogen-bond acceptors (Lipinski definition) is 4. The normalized spacial score (nSPS) is 16.8. The third-order valence-corrected chi connectivity index (χ3v) is 4.84. The molecular formula is C13H27N3O3S. The molecule has 0 bridgehead atoms. The highest BCUT2D eigenvalue weighted by atomic mass is 32.2. The van der Waals surface area contributed by atoms with E-state index >= 15 is 0 Å². The molecule has 2 N–H and O–H groups in total. The molecule has 0 radical (unpaired) electrons. The molecule has 1 aliphatic carbocycles. The summed E-state index contributed by atoms with van der Waals surface area (Å²) >= 11 is 0. The standard InChI is InChI=1S/C13H27N3O3S/c1-15(12-6-3-4-7-12)9-10-16(2)13(17)8-5-11-20(14,18)19/h12H,3-11H2,1-2H3,(H2,14,18,19). The third kappa shape index (κ3) is 6.67. The van der Waals surface area contributed by atoms with Crippen molar-refractivity contribution in [2.45, 2.75) is 44.6 Å². The van der Waals surface area contributed by atoms with Gasteiger partial charge in [-0.05, 0) is 26.3 Å². The second-order valence-corrected chi connectivity index (χ2v) is 7.44. The Morgan fingerprint density at radius 1 is 1.20 bits per heavy atom. The van der Waals surface area contributed by atoms with E-state index in [1.807, 2.05) is 0 Å². The number of carbonyl (C=O) groups is 1. The van der Waals surface area contributed by atoms with E-state index in [1.165, 1.54) is 25.7 Å². The Bertz CT molecular complexity index is 405. The summed E-state index contributed by atoms with van der Waals surface area (Å²) in [5, 5.41) is 4.91. The fourth-order valence-corrected chi connectivity index (χ4v) is 3.12. The van der Waals surface area contributed by atoms with Crippen LogP contribution in [0.3, 0.4) is 0 Å². The van der Waals surface area contributed by atoms with Gasteiger partial charge in [-0.1, -0.05) is 12.8 Å². The van der Waals surface area contributed by atoms with Crippen LogP contribution in [0.5, 0.6) is 0 Å². The second-order valence-electron chi connectivity index (χ2n) is 5.70. The summed E-state index contributed by atoms with van der Waals surface area (Å²) in [6, 6.07) is 0.654. The molecule has 118 valence electrons. The Kier molecular flexibility index (Phi) is 6.91. The average Bonchev–Trinajstić information content (AvgIpc) is 2.87. The summed E-state index contributed by atoms with van der Waals surface area (Å²) in [5.41, 5.74) is 0. The van der Waals surface area contributed by atoms with Crippen molar-refractivity contribution in [2.75, 3.05) is 32.9 Å². The Labute approximate surface area is 122 Å². The Morgan fingerprint density at radius 2 is 1.80 bits per heavy atom. The molecule has 1 saturated carbocycles. The van der Waals surface area contributed by atoms with Crippen molar-refractivity contribution in [3.63, 3.8) is 0 Å². The van der Waals surface area contributed by atoms with Gasteiger partial charge in [0, 0.05) is 32.6 Å². The number of rotatable bonds is 8. The molecule has 0 aromatic heterocycles. The Hall–Kier alpha value is -0.660. The maximum absolute atomic E-state index is 11.8. The molecule has 0 aromatic rings. The van der Waals surface area contributed by atoms with Gasteiger partial charge in [-0.2, -0.15) is 0 Å². The van der Waals surface area contributed by atoms with Crippen molar-refractivity contribution in [1.82, 2.24) is 9.80 Å². The highest BCUT2D eigenvalue weighted by Crippen LogP contribution is 2.21. The molecule has 7 heteroatoms. The van der Waals surface area contributed by atoms with Gasteiger partial charge in [0.25, 0.3) is 0 Å². The second kappa shape index (κ2) is 7.95. The number of primary sulfonamides is 1. The predicted octanol–water partition coefficient (Wildman–Crippen LogP) is 0.388. The molecule has 0 heterocycles. The number of nitrogens with zero attached hydrogens (tertiary/aromatic N) is 2. The Morgan fingerprint density at radius 3 is 2.35 bits per heavy atom. The van der Waals surface area contributed by atoms with Crippen molar-refractivity contribution < 1.29 is 13.2 Å². The summed E-state index contributed by atoms with van der Waals surface area (Å²) in [5.74, 6) is -0.150. The van der Waals surface area contributed by atoms with E-state index in [9.17, 15) is 13.2 Å². The van der Waals surface area contributed by atoms with Crippen molar-refractivity contribution in [3.8, 4) is 0 Å². The third-order valence-electron chi connectivity index (χ3n) is 3.98. The van der Waals surface area contributed by atoms with Gasteiger partial charge in [0.15, 0.2) is 0 Å². The molecule has 0 spiro atoms. The van der Waals surface area contributed by atoms with Gasteiger partial charge >= 0.3 is 0 Å². The SMILES string of the molecule is CN(CCN(C)C1CCCC1)C(=O)CCCS(N)(=O)=O. The van der Waals surface area contributed by atoms with E-state index in [-0.39, 0.29) is 18.1 Å². The van der Waals surface area contributed by atoms with Crippen molar-refractivity contribution in [1.29, 1.82) is 0 Å². The lowest BCUT2D eigenvalue weighted by Crippen LogP contribution is -2.38. The largest absolute Gasteiger partial charge is 0.344 e. The summed E-state index contributed by atoms with van der Waals surface area (Å²) in [4.78, 5) is 15.8. The number of hydrogen-bond donors (Lipinski definition) is 1. The van der Waals surface area contributed by atoms with Crippen molar-refractivity contribution >= 4 is 15.9 Å². The molecule has 0 aliphatic heterocycles. The lowest BCUT2D eigenvalue weighted by molar-refractivity contribution is -0.130. The molecule has 0 saturated heterocycles. The van der Waals surface area contributed by atoms with Gasteiger partial charge in [-0.3, -0.25) is 4.79 Å². The van der Waals surface area contributed by atoms with Gasteiger partial charge in [0.05, 0.1) is 5.75 Å². The maximum Gasteiger partial charge on any atom is 0.222 e. The topological polar surface area (TPSA) is 83.7 Å². The highest BCUT2D eigenvalue weighted by molar-refractivity contribution is 7.89. The molecule has 1 rings (SSSR count). The number of likely N-dealkylation sites (N-methyl/N-ethyl adjacent to an activating group) is 2. The highest BCUT2D eigenvalue weighted by Gasteiger charge is 2.20. The number of sulfonamides is 1. The number of amides is 1. The van der Waals surface area contributed by atoms with Gasteiger partial charge in [0.2, 0.25) is 15.9 Å². The molecule has 20 heavy (non-hydrogen) atoms. The minimum Gasteiger partial charge on any atom is -0.344 e. The first-order valence-corrected chi connectivity index (χ1v) is 8.96. The minimum atomic E-state index is -3.46. The summed E-state index contributed by atoms with van der Waals surface area (Å²) in [6.45, 7) is 1.54. The van der Waals surface area contributed by atoms with Crippen LogP contribution >= 0.6 is 0 Å². The number of carbonyl (C=O) groups excluding carboxylic acids is 1. The van der Waals surface area contributed by atoms with E-state index in [2.05, 4.69) is 11.9 Å². The van der Waals surface area contributed by atoms with Crippen LogP contribution in [-0.4, -0.2) is 63.1 Å². The molecule has 1 aliphatic rings. The summed E-state index contributed by atoms with van der Waals surface area (Å²) in [7, 11) is 0.411. The van der Waals surface area contributed by atoms with Gasteiger partial charge in [-0.25, -0.2) is 13.6 Å². The Balaban J connectivity index is 2.20. The minimum absolute atomic E-state index is 0.0199. The van der Waals surface area contributed by atoms with Gasteiger partial charge < -0.3 is 9.80 Å². The lowest BCUT2D eigenvalue weighted by Gasteiger charge is -2.26. The molecule has 0 aromatic carbocycles. The van der Waals surface area contributed by atoms with E-state index in [0.717, 1.165) is 6.54 Å². The van der Waals surface area contributed by atoms with Crippen molar-refractivity contribution in [2.24, 2.45) is 5.14 Å². The quantitative estimate of drug-likeness (QED) is 0.703. The van der Waals surface area contributed by atoms with E-state index in [1.54, 1.807) is 11.9 Å². The number of nitrogens with two attached hydrogens (primary N) is 1. The summed E-state index contributed by atoms with van der Waals surface area (Å²) < 4.78 is 21.6. The molecule has 6 nitrogen and oxygen atoms in total. The maximum atomic E-state index is 11.8. The molecule has 0 unspecified atom stereocenters. The van der Waals surface area contributed by atoms with Crippen LogP contribution in [0.4, 0.5) is 0 Å². The smallest absolute Gasteiger partial charge is 0.222 e.